The van der Waals surface area contributed by atoms with Crippen LogP contribution in [-0.4, -0.2) is 28.4 Å². The molecule has 0 radical (unpaired) electrons. The number of nitrogens with zero attached hydrogens (tertiary/aromatic N) is 1. The standard InChI is InChI=1S/C22H21NO4/c1-14-13-27-19(12-20(24)25)21(14)22(26)23-11-5-10-18(23)17-9-4-7-15-6-2-3-8-16(15)17/h2-4,6-9,13,18H,5,10-12H2,1H3,(H,24,25). The molecule has 1 amide bonds. The van der Waals surface area contributed by atoms with Crippen LogP contribution in [0.3, 0.4) is 0 Å². The van der Waals surface area contributed by atoms with Crippen LogP contribution in [0.1, 0.15) is 46.1 Å². The van der Waals surface area contributed by atoms with Crippen LogP contribution in [0.2, 0.25) is 0 Å². The zero-order valence-corrected chi connectivity index (χ0v) is 15.1. The number of hydrogen-bond acceptors (Lipinski definition) is 3. The average molecular weight is 363 g/mol. The van der Waals surface area contributed by atoms with Crippen molar-refractivity contribution >= 4 is 22.6 Å². The molecule has 0 saturated carbocycles. The second kappa shape index (κ2) is 6.91. The van der Waals surface area contributed by atoms with E-state index in [0.29, 0.717) is 17.7 Å². The minimum atomic E-state index is -1.01. The molecule has 4 rings (SSSR count). The third kappa shape index (κ3) is 3.10. The van der Waals surface area contributed by atoms with E-state index in [1.165, 1.54) is 6.26 Å². The molecule has 1 N–H and O–H groups in total. The van der Waals surface area contributed by atoms with E-state index in [2.05, 4.69) is 24.3 Å². The van der Waals surface area contributed by atoms with Crippen LogP contribution in [0.5, 0.6) is 0 Å². The van der Waals surface area contributed by atoms with E-state index in [1.807, 2.05) is 23.1 Å². The van der Waals surface area contributed by atoms with Crippen molar-refractivity contribution in [3.8, 4) is 0 Å². The number of carboxylic acids is 1. The van der Waals surface area contributed by atoms with Gasteiger partial charge in [-0.05, 0) is 36.1 Å². The first-order valence-electron chi connectivity index (χ1n) is 9.13. The molecule has 5 nitrogen and oxygen atoms in total. The zero-order chi connectivity index (χ0) is 19.0. The highest BCUT2D eigenvalue weighted by atomic mass is 16.4. The van der Waals surface area contributed by atoms with E-state index in [-0.39, 0.29) is 24.1 Å². The van der Waals surface area contributed by atoms with Crippen LogP contribution in [0.25, 0.3) is 10.8 Å². The maximum Gasteiger partial charge on any atom is 0.311 e. The number of fused-ring (bicyclic) bond motifs is 1. The Labute approximate surface area is 157 Å². The number of aryl methyl sites for hydroxylation is 1. The topological polar surface area (TPSA) is 70.7 Å². The summed E-state index contributed by atoms with van der Waals surface area (Å²) >= 11 is 0. The Morgan fingerprint density at radius 2 is 1.96 bits per heavy atom. The maximum absolute atomic E-state index is 13.3. The van der Waals surface area contributed by atoms with Crippen molar-refractivity contribution in [1.29, 1.82) is 0 Å². The number of aliphatic carboxylic acids is 1. The molecule has 1 aliphatic heterocycles. The Kier molecular flexibility index (Phi) is 4.44. The number of amides is 1. The Balaban J connectivity index is 1.73. The molecule has 1 saturated heterocycles. The first-order chi connectivity index (χ1) is 13.1. The zero-order valence-electron chi connectivity index (χ0n) is 15.1. The van der Waals surface area contributed by atoms with Crippen molar-refractivity contribution in [3.05, 3.63) is 71.2 Å². The van der Waals surface area contributed by atoms with Gasteiger partial charge in [-0.2, -0.15) is 0 Å². The molecule has 3 aromatic rings. The summed E-state index contributed by atoms with van der Waals surface area (Å²) in [7, 11) is 0. The normalized spacial score (nSPS) is 16.8. The molecule has 0 aliphatic carbocycles. The lowest BCUT2D eigenvalue weighted by atomic mass is 9.96. The lowest BCUT2D eigenvalue weighted by Gasteiger charge is -2.26. The Bertz CT molecular complexity index is 1010. The third-order valence-corrected chi connectivity index (χ3v) is 5.27. The summed E-state index contributed by atoms with van der Waals surface area (Å²) in [5.41, 5.74) is 2.21. The summed E-state index contributed by atoms with van der Waals surface area (Å²) in [4.78, 5) is 26.3. The summed E-state index contributed by atoms with van der Waals surface area (Å²) in [6.45, 7) is 2.44. The van der Waals surface area contributed by atoms with Crippen LogP contribution in [0.4, 0.5) is 0 Å². The van der Waals surface area contributed by atoms with Crippen LogP contribution < -0.4 is 0 Å². The minimum Gasteiger partial charge on any atom is -0.481 e. The molecule has 27 heavy (non-hydrogen) atoms. The van der Waals surface area contributed by atoms with Crippen molar-refractivity contribution in [2.24, 2.45) is 0 Å². The van der Waals surface area contributed by atoms with Gasteiger partial charge in [0, 0.05) is 12.1 Å². The van der Waals surface area contributed by atoms with Gasteiger partial charge in [-0.3, -0.25) is 9.59 Å². The summed E-state index contributed by atoms with van der Waals surface area (Å²) in [5, 5.41) is 11.4. The van der Waals surface area contributed by atoms with Crippen molar-refractivity contribution in [1.82, 2.24) is 4.90 Å². The molecule has 5 heteroatoms. The van der Waals surface area contributed by atoms with Crippen molar-refractivity contribution < 1.29 is 19.1 Å². The molecule has 2 aromatic carbocycles. The summed E-state index contributed by atoms with van der Waals surface area (Å²) in [6.07, 6.45) is 2.99. The van der Waals surface area contributed by atoms with E-state index in [1.54, 1.807) is 6.92 Å². The second-order valence-corrected chi connectivity index (χ2v) is 7.01. The lowest BCUT2D eigenvalue weighted by Crippen LogP contribution is -2.31. The molecule has 138 valence electrons. The molecule has 0 bridgehead atoms. The van der Waals surface area contributed by atoms with E-state index >= 15 is 0 Å². The SMILES string of the molecule is Cc1coc(CC(=O)O)c1C(=O)N1CCCC1c1cccc2ccccc12. The molecule has 1 atom stereocenters. The number of carbonyl (C=O) groups excluding carboxylic acids is 1. The van der Waals surface area contributed by atoms with Crippen LogP contribution >= 0.6 is 0 Å². The third-order valence-electron chi connectivity index (χ3n) is 5.27. The highest BCUT2D eigenvalue weighted by Crippen LogP contribution is 2.37. The predicted molar refractivity (Wildman–Crippen MR) is 102 cm³/mol. The number of rotatable bonds is 4. The molecule has 1 aliphatic rings. The minimum absolute atomic E-state index is 0.0180. The van der Waals surface area contributed by atoms with E-state index in [4.69, 9.17) is 9.52 Å². The highest BCUT2D eigenvalue weighted by Gasteiger charge is 2.34. The summed E-state index contributed by atoms with van der Waals surface area (Å²) < 4.78 is 5.37. The van der Waals surface area contributed by atoms with Crippen molar-refractivity contribution in [2.75, 3.05) is 6.54 Å². The summed E-state index contributed by atoms with van der Waals surface area (Å²) in [5.74, 6) is -0.924. The molecule has 1 aromatic heterocycles. The number of carboxylic acid groups (broad SMARTS) is 1. The van der Waals surface area contributed by atoms with Crippen LogP contribution in [0, 0.1) is 6.92 Å². The fourth-order valence-electron chi connectivity index (χ4n) is 4.07. The monoisotopic (exact) mass is 363 g/mol. The fraction of sp³-hybridized carbons (Fsp3) is 0.273. The van der Waals surface area contributed by atoms with Gasteiger partial charge in [0.2, 0.25) is 0 Å². The van der Waals surface area contributed by atoms with Gasteiger partial charge in [0.05, 0.1) is 17.9 Å². The Morgan fingerprint density at radius 1 is 1.19 bits per heavy atom. The highest BCUT2D eigenvalue weighted by molar-refractivity contribution is 5.98. The van der Waals surface area contributed by atoms with Gasteiger partial charge in [0.25, 0.3) is 5.91 Å². The van der Waals surface area contributed by atoms with Gasteiger partial charge in [-0.25, -0.2) is 0 Å². The molecule has 1 fully saturated rings. The lowest BCUT2D eigenvalue weighted by molar-refractivity contribution is -0.136. The fourth-order valence-corrected chi connectivity index (χ4v) is 4.07. The number of carbonyl (C=O) groups is 2. The maximum atomic E-state index is 13.3. The number of furan rings is 1. The van der Waals surface area contributed by atoms with Gasteiger partial charge in [-0.1, -0.05) is 42.5 Å². The van der Waals surface area contributed by atoms with E-state index in [0.717, 1.165) is 29.2 Å². The first-order valence-corrected chi connectivity index (χ1v) is 9.13. The van der Waals surface area contributed by atoms with Gasteiger partial charge < -0.3 is 14.4 Å². The predicted octanol–water partition coefficient (Wildman–Crippen LogP) is 4.35. The molecule has 2 heterocycles. The molecular formula is C22H21NO4. The number of hydrogen-bond donors (Lipinski definition) is 1. The van der Waals surface area contributed by atoms with Crippen LogP contribution in [-0.2, 0) is 11.2 Å². The van der Waals surface area contributed by atoms with E-state index < -0.39 is 5.97 Å². The number of likely N-dealkylation sites (tertiary alicyclic amines) is 1. The molecule has 1 unspecified atom stereocenters. The van der Waals surface area contributed by atoms with Crippen molar-refractivity contribution in [3.63, 3.8) is 0 Å². The van der Waals surface area contributed by atoms with Crippen molar-refractivity contribution in [2.45, 2.75) is 32.2 Å². The van der Waals surface area contributed by atoms with Crippen LogP contribution in [0.15, 0.2) is 53.1 Å². The van der Waals surface area contributed by atoms with Gasteiger partial charge in [0.1, 0.15) is 12.2 Å². The first kappa shape index (κ1) is 17.3. The van der Waals surface area contributed by atoms with Gasteiger partial charge in [-0.15, -0.1) is 0 Å². The van der Waals surface area contributed by atoms with Gasteiger partial charge in [0.15, 0.2) is 0 Å². The van der Waals surface area contributed by atoms with E-state index in [9.17, 15) is 9.59 Å². The smallest absolute Gasteiger partial charge is 0.311 e. The summed E-state index contributed by atoms with van der Waals surface area (Å²) in [6, 6.07) is 14.3. The average Bonchev–Trinajstić information content (AvgIpc) is 3.27. The molecule has 0 spiro atoms. The Hall–Kier alpha value is -3.08. The Morgan fingerprint density at radius 3 is 2.78 bits per heavy atom. The largest absolute Gasteiger partial charge is 0.481 e. The quantitative estimate of drug-likeness (QED) is 0.748. The van der Waals surface area contributed by atoms with Gasteiger partial charge >= 0.3 is 5.97 Å². The number of benzene rings is 2. The molecular weight excluding hydrogens is 342 g/mol. The second-order valence-electron chi connectivity index (χ2n) is 7.01.